The number of carbonyl (C=O) groups excluding carboxylic acids is 1. The molecule has 0 aliphatic heterocycles. The monoisotopic (exact) mass is 308 g/mol. The van der Waals surface area contributed by atoms with Gasteiger partial charge in [0.25, 0.3) is 10.0 Å². The third-order valence-corrected chi connectivity index (χ3v) is 3.93. The van der Waals surface area contributed by atoms with E-state index >= 15 is 0 Å². The fraction of sp³-hybridized carbons (Fsp3) is 0.0833. The standard InChI is InChI=1S/C12H12N4O4S/c1-20-12(17)10-3-2-8(13)4-11(10)21(18,19)16-9-5-14-7-15-6-9/h2-7,16H,13H2,1H3. The maximum Gasteiger partial charge on any atom is 0.339 e. The van der Waals surface area contributed by atoms with Crippen LogP contribution < -0.4 is 10.5 Å². The molecule has 0 fully saturated rings. The van der Waals surface area contributed by atoms with Crippen LogP contribution in [0.3, 0.4) is 0 Å². The number of benzene rings is 1. The largest absolute Gasteiger partial charge is 0.465 e. The van der Waals surface area contributed by atoms with E-state index in [1.54, 1.807) is 0 Å². The van der Waals surface area contributed by atoms with Crippen molar-refractivity contribution >= 4 is 27.4 Å². The van der Waals surface area contributed by atoms with Crippen molar-refractivity contribution in [2.45, 2.75) is 4.90 Å². The van der Waals surface area contributed by atoms with Gasteiger partial charge < -0.3 is 10.5 Å². The lowest BCUT2D eigenvalue weighted by atomic mass is 10.2. The molecular weight excluding hydrogens is 296 g/mol. The Morgan fingerprint density at radius 2 is 1.95 bits per heavy atom. The third kappa shape index (κ3) is 3.26. The van der Waals surface area contributed by atoms with Gasteiger partial charge in [0.05, 0.1) is 30.8 Å². The molecule has 0 spiro atoms. The van der Waals surface area contributed by atoms with Crippen LogP contribution in [-0.2, 0) is 14.8 Å². The van der Waals surface area contributed by atoms with Crippen LogP contribution in [0.1, 0.15) is 10.4 Å². The van der Waals surface area contributed by atoms with E-state index in [0.717, 1.165) is 7.11 Å². The Hall–Kier alpha value is -2.68. The molecule has 0 amide bonds. The van der Waals surface area contributed by atoms with Gasteiger partial charge in [-0.3, -0.25) is 4.72 Å². The average Bonchev–Trinajstić information content (AvgIpc) is 2.47. The van der Waals surface area contributed by atoms with Gasteiger partial charge >= 0.3 is 5.97 Å². The van der Waals surface area contributed by atoms with Gasteiger partial charge in [0.1, 0.15) is 11.2 Å². The molecule has 0 saturated heterocycles. The minimum absolute atomic E-state index is 0.115. The summed E-state index contributed by atoms with van der Waals surface area (Å²) < 4.78 is 31.6. The predicted molar refractivity (Wildman–Crippen MR) is 75.0 cm³/mol. The Morgan fingerprint density at radius 3 is 2.57 bits per heavy atom. The third-order valence-electron chi connectivity index (χ3n) is 2.51. The molecular formula is C12H12N4O4S. The number of methoxy groups -OCH3 is 1. The molecule has 110 valence electrons. The van der Waals surface area contributed by atoms with E-state index in [9.17, 15) is 13.2 Å². The second-order valence-electron chi connectivity index (χ2n) is 3.98. The second kappa shape index (κ2) is 5.75. The van der Waals surface area contributed by atoms with Crippen molar-refractivity contribution in [2.75, 3.05) is 17.6 Å². The molecule has 8 nitrogen and oxygen atoms in total. The highest BCUT2D eigenvalue weighted by Crippen LogP contribution is 2.22. The number of aromatic nitrogens is 2. The van der Waals surface area contributed by atoms with Crippen LogP contribution in [0.2, 0.25) is 0 Å². The van der Waals surface area contributed by atoms with Crippen molar-refractivity contribution in [1.29, 1.82) is 0 Å². The van der Waals surface area contributed by atoms with Crippen molar-refractivity contribution < 1.29 is 17.9 Å². The lowest BCUT2D eigenvalue weighted by Gasteiger charge is -2.11. The molecule has 2 aromatic rings. The molecule has 21 heavy (non-hydrogen) atoms. The fourth-order valence-electron chi connectivity index (χ4n) is 1.60. The minimum atomic E-state index is -4.03. The summed E-state index contributed by atoms with van der Waals surface area (Å²) in [6.45, 7) is 0. The van der Waals surface area contributed by atoms with E-state index in [1.165, 1.54) is 36.9 Å². The van der Waals surface area contributed by atoms with Crippen LogP contribution in [0.15, 0.2) is 41.8 Å². The zero-order chi connectivity index (χ0) is 15.5. The van der Waals surface area contributed by atoms with Gasteiger partial charge in [0.2, 0.25) is 0 Å². The summed E-state index contributed by atoms with van der Waals surface area (Å²) in [6, 6.07) is 3.88. The Kier molecular flexibility index (Phi) is 4.03. The summed E-state index contributed by atoms with van der Waals surface area (Å²) >= 11 is 0. The molecule has 3 N–H and O–H groups in total. The molecule has 1 aromatic carbocycles. The van der Waals surface area contributed by atoms with Crippen molar-refractivity contribution in [1.82, 2.24) is 9.97 Å². The summed E-state index contributed by atoms with van der Waals surface area (Å²) in [5.41, 5.74) is 5.84. The highest BCUT2D eigenvalue weighted by atomic mass is 32.2. The number of nitrogen functional groups attached to an aromatic ring is 1. The fourth-order valence-corrected chi connectivity index (χ4v) is 2.86. The molecule has 9 heteroatoms. The van der Waals surface area contributed by atoms with Crippen LogP contribution in [0.5, 0.6) is 0 Å². The molecule has 0 bridgehead atoms. The summed E-state index contributed by atoms with van der Waals surface area (Å²) in [4.78, 5) is 18.8. The number of nitrogens with one attached hydrogen (secondary N) is 1. The first-order valence-corrected chi connectivity index (χ1v) is 7.18. The molecule has 0 saturated carbocycles. The van der Waals surface area contributed by atoms with Gasteiger partial charge in [-0.2, -0.15) is 0 Å². The van der Waals surface area contributed by atoms with Gasteiger partial charge in [-0.15, -0.1) is 0 Å². The van der Waals surface area contributed by atoms with Gasteiger partial charge in [-0.05, 0) is 18.2 Å². The number of rotatable bonds is 4. The zero-order valence-electron chi connectivity index (χ0n) is 11.0. The van der Waals surface area contributed by atoms with Crippen LogP contribution >= 0.6 is 0 Å². The Labute approximate surface area is 121 Å². The minimum Gasteiger partial charge on any atom is -0.465 e. The highest BCUT2D eigenvalue weighted by molar-refractivity contribution is 7.92. The number of hydrogen-bond acceptors (Lipinski definition) is 7. The van der Waals surface area contributed by atoms with Crippen LogP contribution in [0.25, 0.3) is 0 Å². The molecule has 0 aliphatic rings. The maximum atomic E-state index is 12.4. The number of anilines is 2. The quantitative estimate of drug-likeness (QED) is 0.627. The topological polar surface area (TPSA) is 124 Å². The average molecular weight is 308 g/mol. The first-order chi connectivity index (χ1) is 9.94. The number of ether oxygens (including phenoxy) is 1. The molecule has 0 atom stereocenters. The lowest BCUT2D eigenvalue weighted by molar-refractivity contribution is 0.0596. The Bertz CT molecular complexity index is 762. The molecule has 0 unspecified atom stereocenters. The van der Waals surface area contributed by atoms with Crippen molar-refractivity contribution in [3.63, 3.8) is 0 Å². The zero-order valence-corrected chi connectivity index (χ0v) is 11.8. The highest BCUT2D eigenvalue weighted by Gasteiger charge is 2.23. The number of carbonyl (C=O) groups is 1. The van der Waals surface area contributed by atoms with Gasteiger partial charge in [-0.25, -0.2) is 23.2 Å². The Morgan fingerprint density at radius 1 is 1.29 bits per heavy atom. The lowest BCUT2D eigenvalue weighted by Crippen LogP contribution is -2.18. The van der Waals surface area contributed by atoms with E-state index in [0.29, 0.717) is 0 Å². The van der Waals surface area contributed by atoms with Crippen molar-refractivity contribution in [3.8, 4) is 0 Å². The van der Waals surface area contributed by atoms with Crippen molar-refractivity contribution in [2.24, 2.45) is 0 Å². The Balaban J connectivity index is 2.49. The molecule has 0 radical (unpaired) electrons. The summed E-state index contributed by atoms with van der Waals surface area (Å²) in [5.74, 6) is -0.778. The van der Waals surface area contributed by atoms with E-state index in [1.807, 2.05) is 0 Å². The van der Waals surface area contributed by atoms with E-state index < -0.39 is 16.0 Å². The van der Waals surface area contributed by atoms with Gasteiger partial charge in [0, 0.05) is 5.69 Å². The van der Waals surface area contributed by atoms with Gasteiger partial charge in [0.15, 0.2) is 0 Å². The van der Waals surface area contributed by atoms with Crippen molar-refractivity contribution in [3.05, 3.63) is 42.5 Å². The SMILES string of the molecule is COC(=O)c1ccc(N)cc1S(=O)(=O)Nc1cncnc1. The molecule has 1 aromatic heterocycles. The van der Waals surface area contributed by atoms with Crippen LogP contribution in [-0.4, -0.2) is 31.5 Å². The molecule has 2 rings (SSSR count). The second-order valence-corrected chi connectivity index (χ2v) is 5.63. The molecule has 0 aliphatic carbocycles. The number of esters is 1. The van der Waals surface area contributed by atoms with E-state index in [2.05, 4.69) is 19.4 Å². The summed E-state index contributed by atoms with van der Waals surface area (Å²) in [5, 5.41) is 0. The number of nitrogens with zero attached hydrogens (tertiary/aromatic N) is 2. The van der Waals surface area contributed by atoms with E-state index in [-0.39, 0.29) is 21.8 Å². The van der Waals surface area contributed by atoms with Gasteiger partial charge in [-0.1, -0.05) is 0 Å². The smallest absolute Gasteiger partial charge is 0.339 e. The van der Waals surface area contributed by atoms with Crippen LogP contribution in [0, 0.1) is 0 Å². The van der Waals surface area contributed by atoms with Crippen LogP contribution in [0.4, 0.5) is 11.4 Å². The normalized spacial score (nSPS) is 10.9. The number of hydrogen-bond donors (Lipinski definition) is 2. The molecule has 1 heterocycles. The van der Waals surface area contributed by atoms with E-state index in [4.69, 9.17) is 5.73 Å². The summed E-state index contributed by atoms with van der Waals surface area (Å²) in [7, 11) is -2.87. The number of nitrogens with two attached hydrogens (primary N) is 1. The number of sulfonamides is 1. The predicted octanol–water partition coefficient (Wildman–Crippen LogP) is 0.646. The summed E-state index contributed by atoms with van der Waals surface area (Å²) in [6.07, 6.45) is 3.83. The maximum absolute atomic E-state index is 12.4. The first kappa shape index (κ1) is 14.7. The first-order valence-electron chi connectivity index (χ1n) is 5.69.